The fourth-order valence-electron chi connectivity index (χ4n) is 0.742. The molecule has 1 amide bonds. The van der Waals surface area contributed by atoms with Crippen LogP contribution in [-0.2, 0) is 14.3 Å². The van der Waals surface area contributed by atoms with Crippen molar-refractivity contribution in [3.63, 3.8) is 0 Å². The van der Waals surface area contributed by atoms with Crippen molar-refractivity contribution in [2.75, 3.05) is 12.5 Å². The number of ether oxygens (including phenoxy) is 1. The normalized spacial score (nSPS) is 9.20. The molecule has 0 bridgehead atoms. The van der Waals surface area contributed by atoms with Gasteiger partial charge in [-0.2, -0.15) is 0 Å². The van der Waals surface area contributed by atoms with E-state index in [1.165, 1.54) is 0 Å². The van der Waals surface area contributed by atoms with Crippen molar-refractivity contribution in [1.82, 2.24) is 10.4 Å². The number of nitrogens with zero attached hydrogens (tertiary/aromatic N) is 1. The lowest BCUT2D eigenvalue weighted by atomic mass is 10.5. The van der Waals surface area contributed by atoms with Crippen LogP contribution in [0.1, 0.15) is 0 Å². The van der Waals surface area contributed by atoms with Gasteiger partial charge in [-0.05, 0) is 12.1 Å². The number of hydrogen-bond acceptors (Lipinski definition) is 5. The molecule has 0 atom stereocenters. The number of methoxy groups -OCH3 is 1. The number of nitrogens with one attached hydrogen (secondary N) is 2. The van der Waals surface area contributed by atoms with E-state index in [0.717, 1.165) is 7.11 Å². The number of carbonyl (C=O) groups excluding carboxylic acids is 2. The highest BCUT2D eigenvalue weighted by Crippen LogP contribution is 2.07. The zero-order chi connectivity index (χ0) is 11.3. The summed E-state index contributed by atoms with van der Waals surface area (Å²) in [6.07, 6.45) is 0. The number of hydrogen-bond donors (Lipinski definition) is 2. The van der Waals surface area contributed by atoms with Gasteiger partial charge in [0.05, 0.1) is 7.11 Å². The molecule has 6 nitrogen and oxygen atoms in total. The molecule has 0 fully saturated rings. The van der Waals surface area contributed by atoms with Crippen LogP contribution in [0.2, 0.25) is 5.15 Å². The third kappa shape index (κ3) is 3.43. The minimum absolute atomic E-state index is 0.271. The van der Waals surface area contributed by atoms with Crippen molar-refractivity contribution < 1.29 is 14.3 Å². The highest BCUT2D eigenvalue weighted by atomic mass is 35.5. The number of aromatic nitrogens is 1. The van der Waals surface area contributed by atoms with E-state index in [1.54, 1.807) is 18.2 Å². The van der Waals surface area contributed by atoms with Gasteiger partial charge in [0.15, 0.2) is 0 Å². The molecule has 7 heteroatoms. The summed E-state index contributed by atoms with van der Waals surface area (Å²) in [5.74, 6) is -1.59. The number of esters is 1. The van der Waals surface area contributed by atoms with E-state index >= 15 is 0 Å². The van der Waals surface area contributed by atoms with Gasteiger partial charge in [-0.25, -0.2) is 9.78 Å². The Kier molecular flexibility index (Phi) is 3.87. The summed E-state index contributed by atoms with van der Waals surface area (Å²) in [6.45, 7) is 0. The lowest BCUT2D eigenvalue weighted by Crippen LogP contribution is -2.36. The number of rotatable bonds is 2. The van der Waals surface area contributed by atoms with Crippen LogP contribution in [0.15, 0.2) is 18.2 Å². The van der Waals surface area contributed by atoms with Gasteiger partial charge in [-0.3, -0.25) is 15.6 Å². The maximum atomic E-state index is 10.9. The highest BCUT2D eigenvalue weighted by molar-refractivity contribution is 6.32. The standard InChI is InChI=1S/C8H8ClN3O3/c1-15-8(14)7(13)12-11-6-4-2-3-5(9)10-6/h2-4H,1H3,(H,10,11)(H,12,13). The molecule has 0 radical (unpaired) electrons. The van der Waals surface area contributed by atoms with Crippen LogP contribution in [0.3, 0.4) is 0 Å². The van der Waals surface area contributed by atoms with E-state index in [9.17, 15) is 9.59 Å². The SMILES string of the molecule is COC(=O)C(=O)NNc1cccc(Cl)n1. The van der Waals surface area contributed by atoms with Crippen molar-refractivity contribution in [3.05, 3.63) is 23.4 Å². The van der Waals surface area contributed by atoms with Crippen molar-refractivity contribution in [3.8, 4) is 0 Å². The summed E-state index contributed by atoms with van der Waals surface area (Å²) < 4.78 is 4.19. The first-order chi connectivity index (χ1) is 7.13. The van der Waals surface area contributed by atoms with Gasteiger partial charge in [-0.15, -0.1) is 0 Å². The van der Waals surface area contributed by atoms with Crippen LogP contribution in [0.4, 0.5) is 5.82 Å². The average molecular weight is 230 g/mol. The monoisotopic (exact) mass is 229 g/mol. The largest absolute Gasteiger partial charge is 0.462 e. The zero-order valence-corrected chi connectivity index (χ0v) is 8.54. The molecular formula is C8H8ClN3O3. The van der Waals surface area contributed by atoms with Crippen LogP contribution in [0.5, 0.6) is 0 Å². The predicted molar refractivity (Wildman–Crippen MR) is 53.0 cm³/mol. The molecule has 2 N–H and O–H groups in total. The molecule has 1 heterocycles. The first-order valence-corrected chi connectivity index (χ1v) is 4.28. The van der Waals surface area contributed by atoms with Crippen LogP contribution in [0.25, 0.3) is 0 Å². The maximum Gasteiger partial charge on any atom is 0.398 e. The Labute approximate surface area is 90.6 Å². The van der Waals surface area contributed by atoms with Gasteiger partial charge >= 0.3 is 11.9 Å². The lowest BCUT2D eigenvalue weighted by Gasteiger charge is -2.05. The zero-order valence-electron chi connectivity index (χ0n) is 7.78. The minimum Gasteiger partial charge on any atom is -0.462 e. The summed E-state index contributed by atoms with van der Waals surface area (Å²) in [6, 6.07) is 4.79. The number of pyridine rings is 1. The van der Waals surface area contributed by atoms with E-state index in [0.29, 0.717) is 5.82 Å². The van der Waals surface area contributed by atoms with Crippen LogP contribution < -0.4 is 10.9 Å². The topological polar surface area (TPSA) is 80.3 Å². The molecule has 1 aromatic heterocycles. The Morgan fingerprint density at radius 2 is 2.20 bits per heavy atom. The van der Waals surface area contributed by atoms with Crippen LogP contribution >= 0.6 is 11.6 Å². The summed E-state index contributed by atoms with van der Waals surface area (Å²) in [5, 5.41) is 0.271. The molecule has 0 aliphatic rings. The molecule has 80 valence electrons. The molecule has 0 spiro atoms. The smallest absolute Gasteiger partial charge is 0.398 e. The number of hydrazine groups is 1. The van der Waals surface area contributed by atoms with Gasteiger partial charge in [0, 0.05) is 0 Å². The lowest BCUT2D eigenvalue weighted by molar-refractivity contribution is -0.152. The fraction of sp³-hybridized carbons (Fsp3) is 0.125. The van der Waals surface area contributed by atoms with Gasteiger partial charge in [0.25, 0.3) is 0 Å². The molecule has 0 unspecified atom stereocenters. The van der Waals surface area contributed by atoms with Crippen LogP contribution in [-0.4, -0.2) is 24.0 Å². The van der Waals surface area contributed by atoms with E-state index < -0.39 is 11.9 Å². The molecule has 0 aliphatic carbocycles. The van der Waals surface area contributed by atoms with E-state index in [4.69, 9.17) is 11.6 Å². The van der Waals surface area contributed by atoms with Crippen LogP contribution in [0, 0.1) is 0 Å². The third-order valence-corrected chi connectivity index (χ3v) is 1.60. The van der Waals surface area contributed by atoms with Gasteiger partial charge in [-0.1, -0.05) is 17.7 Å². The summed E-state index contributed by atoms with van der Waals surface area (Å²) in [4.78, 5) is 25.4. The quantitative estimate of drug-likeness (QED) is 0.331. The summed E-state index contributed by atoms with van der Waals surface area (Å²) in [5.41, 5.74) is 4.50. The maximum absolute atomic E-state index is 10.9. The number of amides is 1. The molecule has 0 saturated heterocycles. The molecule has 15 heavy (non-hydrogen) atoms. The first kappa shape index (κ1) is 11.3. The number of carbonyl (C=O) groups is 2. The van der Waals surface area contributed by atoms with Crippen molar-refractivity contribution >= 4 is 29.3 Å². The van der Waals surface area contributed by atoms with Gasteiger partial charge in [0.1, 0.15) is 11.0 Å². The van der Waals surface area contributed by atoms with E-state index in [-0.39, 0.29) is 5.15 Å². The molecule has 1 rings (SSSR count). The molecule has 0 saturated carbocycles. The Balaban J connectivity index is 2.50. The fourth-order valence-corrected chi connectivity index (χ4v) is 0.906. The first-order valence-electron chi connectivity index (χ1n) is 3.90. The van der Waals surface area contributed by atoms with Crippen molar-refractivity contribution in [2.45, 2.75) is 0 Å². The van der Waals surface area contributed by atoms with Crippen molar-refractivity contribution in [2.24, 2.45) is 0 Å². The van der Waals surface area contributed by atoms with E-state index in [2.05, 4.69) is 20.6 Å². The predicted octanol–water partition coefficient (Wildman–Crippen LogP) is 0.351. The minimum atomic E-state index is -0.996. The molecule has 0 aromatic carbocycles. The second-order valence-corrected chi connectivity index (χ2v) is 2.80. The summed E-state index contributed by atoms with van der Waals surface area (Å²) in [7, 11) is 1.11. The number of halogens is 1. The number of anilines is 1. The second kappa shape index (κ2) is 5.16. The molecule has 0 aliphatic heterocycles. The Morgan fingerprint density at radius 1 is 1.47 bits per heavy atom. The van der Waals surface area contributed by atoms with Crippen molar-refractivity contribution in [1.29, 1.82) is 0 Å². The Hall–Kier alpha value is -1.82. The molecule has 1 aromatic rings. The highest BCUT2D eigenvalue weighted by Gasteiger charge is 2.12. The molecular weight excluding hydrogens is 222 g/mol. The Morgan fingerprint density at radius 3 is 2.80 bits per heavy atom. The van der Waals surface area contributed by atoms with Gasteiger partial charge < -0.3 is 4.74 Å². The van der Waals surface area contributed by atoms with Gasteiger partial charge in [0.2, 0.25) is 0 Å². The van der Waals surface area contributed by atoms with E-state index in [1.807, 2.05) is 0 Å². The third-order valence-electron chi connectivity index (χ3n) is 1.39. The summed E-state index contributed by atoms with van der Waals surface area (Å²) >= 11 is 5.59. The average Bonchev–Trinajstić information content (AvgIpc) is 2.25. The second-order valence-electron chi connectivity index (χ2n) is 2.42. The Bertz CT molecular complexity index is 383.